The molecule has 0 aliphatic rings. The van der Waals surface area contributed by atoms with E-state index in [4.69, 9.17) is 10.5 Å². The minimum Gasteiger partial charge on any atom is -0.399 e. The van der Waals surface area contributed by atoms with Crippen molar-refractivity contribution in [1.82, 2.24) is 0 Å². The van der Waals surface area contributed by atoms with Crippen LogP contribution in [0, 0.1) is 6.92 Å². The van der Waals surface area contributed by atoms with Crippen LogP contribution in [0.2, 0.25) is 0 Å². The first-order valence-electron chi connectivity index (χ1n) is 5.07. The van der Waals surface area contributed by atoms with Crippen molar-refractivity contribution in [1.29, 1.82) is 0 Å². The Labute approximate surface area is 91.6 Å². The van der Waals surface area contributed by atoms with Gasteiger partial charge < -0.3 is 15.8 Å². The van der Waals surface area contributed by atoms with Crippen LogP contribution < -0.4 is 11.1 Å². The Morgan fingerprint density at radius 3 is 2.53 bits per heavy atom. The highest BCUT2D eigenvalue weighted by Gasteiger charge is 2.16. The van der Waals surface area contributed by atoms with Crippen molar-refractivity contribution in [2.75, 3.05) is 24.8 Å². The molecule has 3 nitrogen and oxygen atoms in total. The highest BCUT2D eigenvalue weighted by atomic mass is 16.5. The van der Waals surface area contributed by atoms with Gasteiger partial charge in [-0.1, -0.05) is 0 Å². The molecule has 0 bridgehead atoms. The third kappa shape index (κ3) is 3.80. The molecule has 1 aromatic rings. The third-order valence-corrected chi connectivity index (χ3v) is 2.09. The lowest BCUT2D eigenvalue weighted by atomic mass is 10.1. The van der Waals surface area contributed by atoms with Crippen molar-refractivity contribution in [3.63, 3.8) is 0 Å². The Kier molecular flexibility index (Phi) is 3.58. The average Bonchev–Trinajstić information content (AvgIpc) is 1.99. The van der Waals surface area contributed by atoms with Crippen LogP contribution in [0.4, 0.5) is 11.4 Å². The number of hydrogen-bond donors (Lipinski definition) is 2. The van der Waals surface area contributed by atoms with Gasteiger partial charge in [-0.15, -0.1) is 0 Å². The standard InChI is InChI=1S/C12H20N2O/c1-9-5-10(13)7-11(6-9)14-12(2,3)8-15-4/h5-7,14H,8,13H2,1-4H3. The Hall–Kier alpha value is -1.22. The normalized spacial score (nSPS) is 11.5. The van der Waals surface area contributed by atoms with Crippen LogP contribution in [-0.2, 0) is 4.74 Å². The van der Waals surface area contributed by atoms with E-state index < -0.39 is 0 Å². The topological polar surface area (TPSA) is 47.3 Å². The van der Waals surface area contributed by atoms with Gasteiger partial charge in [-0.25, -0.2) is 0 Å². The van der Waals surface area contributed by atoms with E-state index in [-0.39, 0.29) is 5.54 Å². The first-order chi connectivity index (χ1) is 6.93. The molecule has 0 atom stereocenters. The molecule has 0 amide bonds. The Morgan fingerprint density at radius 2 is 2.00 bits per heavy atom. The van der Waals surface area contributed by atoms with Crippen molar-refractivity contribution < 1.29 is 4.74 Å². The minimum atomic E-state index is -0.0883. The zero-order valence-electron chi connectivity index (χ0n) is 9.92. The number of ether oxygens (including phenoxy) is 1. The van der Waals surface area contributed by atoms with Gasteiger partial charge in [-0.05, 0) is 44.5 Å². The fraction of sp³-hybridized carbons (Fsp3) is 0.500. The second kappa shape index (κ2) is 4.53. The summed E-state index contributed by atoms with van der Waals surface area (Å²) in [5.74, 6) is 0. The lowest BCUT2D eigenvalue weighted by molar-refractivity contribution is 0.158. The number of hydrogen-bond acceptors (Lipinski definition) is 3. The summed E-state index contributed by atoms with van der Waals surface area (Å²) in [6.07, 6.45) is 0. The van der Waals surface area contributed by atoms with Gasteiger partial charge in [0, 0.05) is 18.5 Å². The predicted molar refractivity (Wildman–Crippen MR) is 65.2 cm³/mol. The quantitative estimate of drug-likeness (QED) is 0.747. The maximum absolute atomic E-state index is 5.78. The second-order valence-electron chi connectivity index (χ2n) is 4.57. The number of aryl methyl sites for hydroxylation is 1. The van der Waals surface area contributed by atoms with Crippen molar-refractivity contribution >= 4 is 11.4 Å². The zero-order chi connectivity index (χ0) is 11.5. The van der Waals surface area contributed by atoms with E-state index in [0.29, 0.717) is 6.61 Å². The SMILES string of the molecule is COCC(C)(C)Nc1cc(C)cc(N)c1. The van der Waals surface area contributed by atoms with Gasteiger partial charge in [0.05, 0.1) is 12.1 Å². The molecular formula is C12H20N2O. The summed E-state index contributed by atoms with van der Waals surface area (Å²) in [6, 6.07) is 5.96. The first-order valence-corrected chi connectivity index (χ1v) is 5.07. The lowest BCUT2D eigenvalue weighted by Crippen LogP contribution is -2.35. The van der Waals surface area contributed by atoms with Gasteiger partial charge in [0.1, 0.15) is 0 Å². The van der Waals surface area contributed by atoms with Crippen molar-refractivity contribution in [2.45, 2.75) is 26.3 Å². The van der Waals surface area contributed by atoms with Crippen LogP contribution in [-0.4, -0.2) is 19.3 Å². The Bertz CT molecular complexity index is 314. The number of nitrogen functional groups attached to an aromatic ring is 1. The molecule has 0 aliphatic heterocycles. The molecule has 3 N–H and O–H groups in total. The van der Waals surface area contributed by atoms with Crippen LogP contribution in [0.3, 0.4) is 0 Å². The summed E-state index contributed by atoms with van der Waals surface area (Å²) in [4.78, 5) is 0. The molecular weight excluding hydrogens is 188 g/mol. The van der Waals surface area contributed by atoms with Crippen molar-refractivity contribution in [3.05, 3.63) is 23.8 Å². The fourth-order valence-electron chi connectivity index (χ4n) is 1.67. The number of anilines is 2. The molecule has 0 saturated carbocycles. The fourth-order valence-corrected chi connectivity index (χ4v) is 1.67. The molecule has 0 unspecified atom stereocenters. The lowest BCUT2D eigenvalue weighted by Gasteiger charge is -2.27. The average molecular weight is 208 g/mol. The van der Waals surface area contributed by atoms with Gasteiger partial charge in [0.15, 0.2) is 0 Å². The zero-order valence-corrected chi connectivity index (χ0v) is 9.92. The van der Waals surface area contributed by atoms with Gasteiger partial charge in [0.25, 0.3) is 0 Å². The number of rotatable bonds is 4. The molecule has 3 heteroatoms. The summed E-state index contributed by atoms with van der Waals surface area (Å²) < 4.78 is 5.15. The van der Waals surface area contributed by atoms with Crippen LogP contribution in [0.1, 0.15) is 19.4 Å². The summed E-state index contributed by atoms with van der Waals surface area (Å²) in [6.45, 7) is 6.87. The van der Waals surface area contributed by atoms with Crippen molar-refractivity contribution in [2.24, 2.45) is 0 Å². The predicted octanol–water partition coefficient (Wildman–Crippen LogP) is 2.41. The highest BCUT2D eigenvalue weighted by Crippen LogP contribution is 2.20. The van der Waals surface area contributed by atoms with Crippen LogP contribution in [0.15, 0.2) is 18.2 Å². The number of nitrogens with two attached hydrogens (primary N) is 1. The molecule has 0 heterocycles. The molecule has 0 radical (unpaired) electrons. The molecule has 1 rings (SSSR count). The maximum Gasteiger partial charge on any atom is 0.0687 e. The van der Waals surface area contributed by atoms with E-state index in [0.717, 1.165) is 16.9 Å². The molecule has 84 valence electrons. The van der Waals surface area contributed by atoms with E-state index >= 15 is 0 Å². The number of benzene rings is 1. The summed E-state index contributed by atoms with van der Waals surface area (Å²) in [5, 5.41) is 3.40. The molecule has 0 aromatic heterocycles. The Balaban J connectivity index is 2.80. The van der Waals surface area contributed by atoms with E-state index in [1.807, 2.05) is 19.1 Å². The number of nitrogens with one attached hydrogen (secondary N) is 1. The summed E-state index contributed by atoms with van der Waals surface area (Å²) in [5.41, 5.74) is 8.67. The Morgan fingerprint density at radius 1 is 1.33 bits per heavy atom. The summed E-state index contributed by atoms with van der Waals surface area (Å²) >= 11 is 0. The monoisotopic (exact) mass is 208 g/mol. The van der Waals surface area contributed by atoms with E-state index in [1.54, 1.807) is 7.11 Å². The molecule has 1 aromatic carbocycles. The van der Waals surface area contributed by atoms with Crippen LogP contribution in [0.25, 0.3) is 0 Å². The third-order valence-electron chi connectivity index (χ3n) is 2.09. The van der Waals surface area contributed by atoms with E-state index in [9.17, 15) is 0 Å². The van der Waals surface area contributed by atoms with Gasteiger partial charge >= 0.3 is 0 Å². The molecule has 0 aliphatic carbocycles. The van der Waals surface area contributed by atoms with Gasteiger partial charge in [0.2, 0.25) is 0 Å². The number of methoxy groups -OCH3 is 1. The first kappa shape index (κ1) is 11.9. The van der Waals surface area contributed by atoms with Crippen molar-refractivity contribution in [3.8, 4) is 0 Å². The molecule has 0 fully saturated rings. The van der Waals surface area contributed by atoms with Gasteiger partial charge in [-0.2, -0.15) is 0 Å². The van der Waals surface area contributed by atoms with Gasteiger partial charge in [-0.3, -0.25) is 0 Å². The summed E-state index contributed by atoms with van der Waals surface area (Å²) in [7, 11) is 1.70. The maximum atomic E-state index is 5.78. The van der Waals surface area contributed by atoms with E-state index in [1.165, 1.54) is 0 Å². The molecule has 0 spiro atoms. The van der Waals surface area contributed by atoms with Crippen LogP contribution >= 0.6 is 0 Å². The minimum absolute atomic E-state index is 0.0883. The van der Waals surface area contributed by atoms with E-state index in [2.05, 4.69) is 25.2 Å². The second-order valence-corrected chi connectivity index (χ2v) is 4.57. The van der Waals surface area contributed by atoms with Crippen LogP contribution in [0.5, 0.6) is 0 Å². The smallest absolute Gasteiger partial charge is 0.0687 e. The highest BCUT2D eigenvalue weighted by molar-refractivity contribution is 5.57. The molecule has 0 saturated heterocycles. The largest absolute Gasteiger partial charge is 0.399 e. The molecule has 15 heavy (non-hydrogen) atoms.